The van der Waals surface area contributed by atoms with Gasteiger partial charge in [0.1, 0.15) is 5.75 Å². The predicted octanol–water partition coefficient (Wildman–Crippen LogP) is 6.51. The first kappa shape index (κ1) is 25.3. The van der Waals surface area contributed by atoms with Crippen LogP contribution in [0.15, 0.2) is 71.6 Å². The minimum atomic E-state index is -0.387. The van der Waals surface area contributed by atoms with Crippen LogP contribution >= 0.6 is 46.0 Å². The number of nitrogens with one attached hydrogen (secondary N) is 1. The van der Waals surface area contributed by atoms with E-state index < -0.39 is 0 Å². The van der Waals surface area contributed by atoms with Gasteiger partial charge in [0.25, 0.3) is 17.1 Å². The third-order valence-electron chi connectivity index (χ3n) is 5.05. The number of aryl methyl sites for hydroxylation is 1. The summed E-state index contributed by atoms with van der Waals surface area (Å²) in [5, 5.41) is 2.88. The SMILES string of the molecule is Cc1cccc(NC(=O)COc2ccc(Cl)cc2/C=C2\SC(=O)N(Cc3ccc(I)cc3)C2=O)c1. The maximum absolute atomic E-state index is 13.0. The number of halogens is 2. The first-order valence-electron chi connectivity index (χ1n) is 10.6. The number of nitrogens with zero attached hydrogens (tertiary/aromatic N) is 1. The molecular weight excluding hydrogens is 599 g/mol. The summed E-state index contributed by atoms with van der Waals surface area (Å²) in [4.78, 5) is 39.3. The number of hydrogen-bond acceptors (Lipinski definition) is 5. The Morgan fingerprint density at radius 2 is 1.89 bits per heavy atom. The van der Waals surface area contributed by atoms with Gasteiger partial charge in [-0.1, -0.05) is 35.9 Å². The van der Waals surface area contributed by atoms with Crippen LogP contribution < -0.4 is 10.1 Å². The molecule has 1 saturated heterocycles. The number of benzene rings is 3. The van der Waals surface area contributed by atoms with Gasteiger partial charge in [0.05, 0.1) is 11.4 Å². The zero-order valence-corrected chi connectivity index (χ0v) is 22.3. The molecule has 1 fully saturated rings. The molecule has 1 heterocycles. The number of ether oxygens (including phenoxy) is 1. The van der Waals surface area contributed by atoms with E-state index in [-0.39, 0.29) is 35.1 Å². The fourth-order valence-electron chi connectivity index (χ4n) is 3.38. The summed E-state index contributed by atoms with van der Waals surface area (Å²) in [6.45, 7) is 1.90. The zero-order valence-electron chi connectivity index (χ0n) is 18.6. The molecule has 178 valence electrons. The molecule has 6 nitrogen and oxygen atoms in total. The van der Waals surface area contributed by atoms with E-state index in [9.17, 15) is 14.4 Å². The Bertz CT molecular complexity index is 1330. The Kier molecular flexibility index (Phi) is 8.15. The molecule has 0 bridgehead atoms. The lowest BCUT2D eigenvalue weighted by Gasteiger charge is -2.13. The highest BCUT2D eigenvalue weighted by atomic mass is 127. The van der Waals surface area contributed by atoms with Gasteiger partial charge in [-0.25, -0.2) is 0 Å². The van der Waals surface area contributed by atoms with Crippen LogP contribution in [0.2, 0.25) is 5.02 Å². The van der Waals surface area contributed by atoms with Crippen molar-refractivity contribution in [3.05, 3.63) is 96.9 Å². The van der Waals surface area contributed by atoms with Crippen LogP contribution in [0.1, 0.15) is 16.7 Å². The maximum Gasteiger partial charge on any atom is 0.293 e. The summed E-state index contributed by atoms with van der Waals surface area (Å²) in [5.74, 6) is -0.339. The van der Waals surface area contributed by atoms with E-state index in [0.29, 0.717) is 22.0 Å². The maximum atomic E-state index is 13.0. The largest absolute Gasteiger partial charge is 0.483 e. The fourth-order valence-corrected chi connectivity index (χ4v) is 4.75. The molecule has 3 amide bonds. The second kappa shape index (κ2) is 11.3. The van der Waals surface area contributed by atoms with E-state index in [0.717, 1.165) is 26.5 Å². The number of carbonyl (C=O) groups is 3. The molecule has 9 heteroatoms. The van der Waals surface area contributed by atoms with Gasteiger partial charge in [0.15, 0.2) is 6.61 Å². The minimum absolute atomic E-state index is 0.191. The van der Waals surface area contributed by atoms with Crippen molar-refractivity contribution in [2.75, 3.05) is 11.9 Å². The molecule has 1 aliphatic heterocycles. The van der Waals surface area contributed by atoms with E-state index in [2.05, 4.69) is 27.9 Å². The predicted molar refractivity (Wildman–Crippen MR) is 147 cm³/mol. The molecule has 4 rings (SSSR count). The molecule has 35 heavy (non-hydrogen) atoms. The van der Waals surface area contributed by atoms with Crippen LogP contribution in [0.4, 0.5) is 10.5 Å². The Balaban J connectivity index is 1.47. The molecule has 1 N–H and O–H groups in total. The number of amides is 3. The second-order valence-electron chi connectivity index (χ2n) is 7.78. The van der Waals surface area contributed by atoms with Crippen LogP contribution in [0.3, 0.4) is 0 Å². The number of hydrogen-bond donors (Lipinski definition) is 1. The average Bonchev–Trinajstić information content (AvgIpc) is 3.07. The minimum Gasteiger partial charge on any atom is -0.483 e. The van der Waals surface area contributed by atoms with Crippen molar-refractivity contribution in [1.82, 2.24) is 4.90 Å². The molecule has 0 aliphatic carbocycles. The lowest BCUT2D eigenvalue weighted by molar-refractivity contribution is -0.123. The highest BCUT2D eigenvalue weighted by Gasteiger charge is 2.35. The number of anilines is 1. The van der Waals surface area contributed by atoms with Crippen LogP contribution in [0, 0.1) is 10.5 Å². The molecule has 0 unspecified atom stereocenters. The first-order valence-corrected chi connectivity index (χ1v) is 12.8. The van der Waals surface area contributed by atoms with Crippen molar-refractivity contribution in [3.63, 3.8) is 0 Å². The summed E-state index contributed by atoms with van der Waals surface area (Å²) in [7, 11) is 0. The molecular formula is C26H20ClIN2O4S. The van der Waals surface area contributed by atoms with E-state index in [1.54, 1.807) is 30.3 Å². The smallest absolute Gasteiger partial charge is 0.293 e. The van der Waals surface area contributed by atoms with Crippen molar-refractivity contribution in [1.29, 1.82) is 0 Å². The number of rotatable bonds is 7. The van der Waals surface area contributed by atoms with Crippen molar-refractivity contribution in [3.8, 4) is 5.75 Å². The van der Waals surface area contributed by atoms with Crippen molar-refractivity contribution < 1.29 is 19.1 Å². The summed E-state index contributed by atoms with van der Waals surface area (Å²) in [6.07, 6.45) is 1.57. The molecule has 0 aromatic heterocycles. The molecule has 0 radical (unpaired) electrons. The normalized spacial score (nSPS) is 14.5. The average molecular weight is 619 g/mol. The van der Waals surface area contributed by atoms with E-state index >= 15 is 0 Å². The van der Waals surface area contributed by atoms with Gasteiger partial charge in [0.2, 0.25) is 0 Å². The lowest BCUT2D eigenvalue weighted by atomic mass is 10.1. The van der Waals surface area contributed by atoms with Gasteiger partial charge >= 0.3 is 0 Å². The number of carbonyl (C=O) groups excluding carboxylic acids is 3. The van der Waals surface area contributed by atoms with Crippen molar-refractivity contribution in [2.24, 2.45) is 0 Å². The topological polar surface area (TPSA) is 75.7 Å². The van der Waals surface area contributed by atoms with Crippen LogP contribution in [-0.4, -0.2) is 28.6 Å². The third kappa shape index (κ3) is 6.65. The highest BCUT2D eigenvalue weighted by molar-refractivity contribution is 14.1. The fraction of sp³-hybridized carbons (Fsp3) is 0.115. The van der Waals surface area contributed by atoms with E-state index in [4.69, 9.17) is 16.3 Å². The van der Waals surface area contributed by atoms with Crippen LogP contribution in [-0.2, 0) is 16.1 Å². The first-order chi connectivity index (χ1) is 16.8. The second-order valence-corrected chi connectivity index (χ2v) is 10.5. The molecule has 1 aliphatic rings. The van der Waals surface area contributed by atoms with Gasteiger partial charge in [-0.2, -0.15) is 0 Å². The van der Waals surface area contributed by atoms with Gasteiger partial charge < -0.3 is 10.1 Å². The van der Waals surface area contributed by atoms with Crippen LogP contribution in [0.5, 0.6) is 5.75 Å². The number of imide groups is 1. The van der Waals surface area contributed by atoms with Crippen LogP contribution in [0.25, 0.3) is 6.08 Å². The van der Waals surface area contributed by atoms with Crippen molar-refractivity contribution >= 4 is 74.8 Å². The summed E-state index contributed by atoms with van der Waals surface area (Å²) in [5.41, 5.74) is 3.07. The monoisotopic (exact) mass is 618 g/mol. The zero-order chi connectivity index (χ0) is 24.9. The Hall–Kier alpha value is -2.82. The van der Waals surface area contributed by atoms with E-state index in [1.807, 2.05) is 49.4 Å². The third-order valence-corrected chi connectivity index (χ3v) is 6.91. The highest BCUT2D eigenvalue weighted by Crippen LogP contribution is 2.35. The van der Waals surface area contributed by atoms with E-state index in [1.165, 1.54) is 4.90 Å². The van der Waals surface area contributed by atoms with Gasteiger partial charge in [-0.15, -0.1) is 0 Å². The summed E-state index contributed by atoms with van der Waals surface area (Å²) in [6, 6.07) is 20.0. The van der Waals surface area contributed by atoms with Gasteiger partial charge in [0, 0.05) is 19.8 Å². The van der Waals surface area contributed by atoms with Gasteiger partial charge in [-0.3, -0.25) is 19.3 Å². The van der Waals surface area contributed by atoms with Crippen molar-refractivity contribution in [2.45, 2.75) is 13.5 Å². The molecule has 3 aromatic carbocycles. The Morgan fingerprint density at radius 3 is 2.63 bits per heavy atom. The molecule has 0 atom stereocenters. The Morgan fingerprint density at radius 1 is 1.11 bits per heavy atom. The molecule has 0 saturated carbocycles. The summed E-state index contributed by atoms with van der Waals surface area (Å²) >= 11 is 9.23. The molecule has 0 spiro atoms. The lowest BCUT2D eigenvalue weighted by Crippen LogP contribution is -2.27. The standard InChI is InChI=1S/C26H20ClIN2O4S/c1-16-3-2-4-21(11-16)29-24(31)15-34-22-10-7-19(27)12-18(22)13-23-25(32)30(26(33)35-23)14-17-5-8-20(28)9-6-17/h2-13H,14-15H2,1H3,(H,29,31)/b23-13-. The Labute approximate surface area is 225 Å². The number of thioether (sulfide) groups is 1. The summed E-state index contributed by atoms with van der Waals surface area (Å²) < 4.78 is 6.80. The quantitative estimate of drug-likeness (QED) is 0.242. The van der Waals surface area contributed by atoms with Gasteiger partial charge in [-0.05, 0) is 101 Å². The molecule has 3 aromatic rings.